The lowest BCUT2D eigenvalue weighted by Gasteiger charge is -2.28. The van der Waals surface area contributed by atoms with Crippen molar-refractivity contribution in [3.05, 3.63) is 60.8 Å². The first-order chi connectivity index (χ1) is 29.5. The van der Waals surface area contributed by atoms with Crippen molar-refractivity contribution < 1.29 is 46.8 Å². The monoisotopic (exact) mass is 878 g/mol. The van der Waals surface area contributed by atoms with Gasteiger partial charge in [-0.2, -0.15) is 0 Å². The van der Waals surface area contributed by atoms with Crippen LogP contribution in [0.3, 0.4) is 0 Å². The minimum atomic E-state index is -4.65. The Kier molecular flexibility index (Phi) is 35.5. The SMILES string of the molecule is CCCCC/C=C\C/C=C\CCCCCCCCCCCC(=O)O[C@H](COC(=O)CCC/C=C\C/C=C\CC1OC1C/C=C\CCCCC)COP(=O)([O-])OCC[N+](C)(C)C. The van der Waals surface area contributed by atoms with E-state index in [1.54, 1.807) is 0 Å². The molecule has 4 atom stereocenters. The van der Waals surface area contributed by atoms with Gasteiger partial charge in [0.2, 0.25) is 0 Å². The summed E-state index contributed by atoms with van der Waals surface area (Å²) in [5, 5.41) is 0. The number of quaternary nitrogens is 1. The first-order valence-electron chi connectivity index (χ1n) is 24.1. The molecule has 3 unspecified atom stereocenters. The number of unbranched alkanes of at least 4 members (excludes halogenated alkanes) is 16. The predicted octanol–water partition coefficient (Wildman–Crippen LogP) is 12.4. The van der Waals surface area contributed by atoms with Crippen molar-refractivity contribution in [1.29, 1.82) is 0 Å². The molecule has 10 nitrogen and oxygen atoms in total. The summed E-state index contributed by atoms with van der Waals surface area (Å²) in [6.07, 6.45) is 48.5. The number of nitrogens with zero attached hydrogens (tertiary/aromatic N) is 1. The van der Waals surface area contributed by atoms with E-state index in [0.717, 1.165) is 64.2 Å². The highest BCUT2D eigenvalue weighted by atomic mass is 31.2. The van der Waals surface area contributed by atoms with E-state index in [0.29, 0.717) is 36.1 Å². The number of hydrogen-bond donors (Lipinski definition) is 0. The molecule has 0 aromatic heterocycles. The van der Waals surface area contributed by atoms with E-state index in [1.165, 1.54) is 77.0 Å². The number of rotatable bonds is 42. The van der Waals surface area contributed by atoms with Crippen LogP contribution in [0, 0.1) is 0 Å². The molecule has 11 heteroatoms. The third kappa shape index (κ3) is 39.0. The number of allylic oxidation sites excluding steroid dienone is 8. The summed E-state index contributed by atoms with van der Waals surface area (Å²) in [7, 11) is 1.12. The number of esters is 2. The molecule has 0 saturated carbocycles. The molecule has 1 aliphatic rings. The van der Waals surface area contributed by atoms with Gasteiger partial charge in [-0.3, -0.25) is 14.2 Å². The second-order valence-electron chi connectivity index (χ2n) is 17.5. The average Bonchev–Trinajstić information content (AvgIpc) is 3.97. The fourth-order valence-electron chi connectivity index (χ4n) is 6.48. The van der Waals surface area contributed by atoms with E-state index in [9.17, 15) is 19.0 Å². The highest BCUT2D eigenvalue weighted by Gasteiger charge is 2.36. The van der Waals surface area contributed by atoms with Gasteiger partial charge in [-0.15, -0.1) is 0 Å². The number of carbonyl (C=O) groups is 2. The molecule has 0 radical (unpaired) electrons. The van der Waals surface area contributed by atoms with Gasteiger partial charge in [-0.1, -0.05) is 145 Å². The summed E-state index contributed by atoms with van der Waals surface area (Å²) in [5.74, 6) is -0.913. The molecule has 1 fully saturated rings. The third-order valence-electron chi connectivity index (χ3n) is 10.4. The maximum Gasteiger partial charge on any atom is 0.306 e. The van der Waals surface area contributed by atoms with E-state index in [4.69, 9.17) is 23.3 Å². The Balaban J connectivity index is 2.29. The zero-order valence-electron chi connectivity index (χ0n) is 39.3. The molecular weight excluding hydrogens is 790 g/mol. The molecule has 0 N–H and O–H groups in total. The van der Waals surface area contributed by atoms with Gasteiger partial charge in [-0.05, 0) is 83.5 Å². The van der Waals surface area contributed by atoms with Crippen LogP contribution in [-0.4, -0.2) is 82.2 Å². The van der Waals surface area contributed by atoms with Crippen LogP contribution in [0.2, 0.25) is 0 Å². The van der Waals surface area contributed by atoms with Crippen molar-refractivity contribution in [3.63, 3.8) is 0 Å². The topological polar surface area (TPSA) is 124 Å². The number of carbonyl (C=O) groups excluding carboxylic acids is 2. The van der Waals surface area contributed by atoms with Gasteiger partial charge >= 0.3 is 11.9 Å². The maximum atomic E-state index is 12.7. The molecule has 1 heterocycles. The number of hydrogen-bond acceptors (Lipinski definition) is 9. The molecule has 1 aliphatic heterocycles. The maximum absolute atomic E-state index is 12.7. The van der Waals surface area contributed by atoms with Crippen molar-refractivity contribution in [1.82, 2.24) is 0 Å². The molecule has 0 amide bonds. The van der Waals surface area contributed by atoms with E-state index >= 15 is 0 Å². The van der Waals surface area contributed by atoms with Crippen LogP contribution in [0.1, 0.15) is 181 Å². The molecule has 1 rings (SSSR count). The molecule has 61 heavy (non-hydrogen) atoms. The Bertz CT molecular complexity index is 1290. The minimum Gasteiger partial charge on any atom is -0.756 e. The van der Waals surface area contributed by atoms with Crippen molar-refractivity contribution in [3.8, 4) is 0 Å². The predicted molar refractivity (Wildman–Crippen MR) is 249 cm³/mol. The van der Waals surface area contributed by atoms with Gasteiger partial charge in [0.05, 0.1) is 40.0 Å². The Labute approximate surface area is 372 Å². The third-order valence-corrected chi connectivity index (χ3v) is 11.4. The fourth-order valence-corrected chi connectivity index (χ4v) is 7.21. The zero-order chi connectivity index (χ0) is 44.7. The van der Waals surface area contributed by atoms with Crippen molar-refractivity contribution in [2.24, 2.45) is 0 Å². The molecule has 352 valence electrons. The Hall–Kier alpha value is -2.33. The van der Waals surface area contributed by atoms with Crippen LogP contribution in [0.4, 0.5) is 0 Å². The first-order valence-corrected chi connectivity index (χ1v) is 25.6. The highest BCUT2D eigenvalue weighted by molar-refractivity contribution is 7.45. The second-order valence-corrected chi connectivity index (χ2v) is 18.9. The molecular formula is C50H88NO9P. The Morgan fingerprint density at radius 2 is 1.05 bits per heavy atom. The first kappa shape index (κ1) is 56.7. The van der Waals surface area contributed by atoms with Crippen molar-refractivity contribution in [2.45, 2.75) is 199 Å². The smallest absolute Gasteiger partial charge is 0.306 e. The van der Waals surface area contributed by atoms with Crippen molar-refractivity contribution >= 4 is 19.8 Å². The zero-order valence-corrected chi connectivity index (χ0v) is 40.2. The lowest BCUT2D eigenvalue weighted by atomic mass is 10.1. The fraction of sp³-hybridized carbons (Fsp3) is 0.760. The molecule has 1 saturated heterocycles. The van der Waals surface area contributed by atoms with Crippen LogP contribution in [0.5, 0.6) is 0 Å². The van der Waals surface area contributed by atoms with Gasteiger partial charge in [-0.25, -0.2) is 0 Å². The molecule has 0 aromatic rings. The van der Waals surface area contributed by atoms with E-state index in [-0.39, 0.29) is 26.1 Å². The molecule has 0 bridgehead atoms. The summed E-state index contributed by atoms with van der Waals surface area (Å²) in [6.45, 7) is 4.09. The van der Waals surface area contributed by atoms with E-state index < -0.39 is 32.5 Å². The Morgan fingerprint density at radius 3 is 1.61 bits per heavy atom. The van der Waals surface area contributed by atoms with Crippen LogP contribution in [0.15, 0.2) is 60.8 Å². The van der Waals surface area contributed by atoms with E-state index in [1.807, 2.05) is 21.1 Å². The van der Waals surface area contributed by atoms with Gasteiger partial charge in [0.25, 0.3) is 7.82 Å². The lowest BCUT2D eigenvalue weighted by molar-refractivity contribution is -0.870. The number of ether oxygens (including phenoxy) is 3. The van der Waals surface area contributed by atoms with Gasteiger partial charge in [0, 0.05) is 12.8 Å². The summed E-state index contributed by atoms with van der Waals surface area (Å²) in [4.78, 5) is 37.7. The number of likely N-dealkylation sites (N-methyl/N-ethyl adjacent to an activating group) is 1. The van der Waals surface area contributed by atoms with Crippen LogP contribution in [0.25, 0.3) is 0 Å². The largest absolute Gasteiger partial charge is 0.756 e. The van der Waals surface area contributed by atoms with Crippen LogP contribution in [-0.2, 0) is 37.4 Å². The average molecular weight is 878 g/mol. The summed E-state index contributed by atoms with van der Waals surface area (Å²) in [6, 6.07) is 0. The standard InChI is InChI=1S/C50H88NO9P/c1-6-8-10-12-14-15-16-17-18-19-20-21-22-23-24-25-28-33-37-41-50(53)59-46(45-58-61(54,55)57-43-42-51(3,4)5)44-56-49(52)40-36-32-29-26-27-31-35-39-48-47(60-48)38-34-30-13-11-9-7-2/h14-15,17-18,26,29-31,34-35,46-48H,6-13,16,19-25,27-28,32-33,36-45H2,1-5H3/b15-14-,18-17-,29-26-,34-30-,35-31-/t46-,47?,48?/m1/s1. The normalized spacial score (nSPS) is 17.3. The van der Waals surface area contributed by atoms with Gasteiger partial charge in [0.15, 0.2) is 6.10 Å². The lowest BCUT2D eigenvalue weighted by Crippen LogP contribution is -2.37. The van der Waals surface area contributed by atoms with Crippen molar-refractivity contribution in [2.75, 3.05) is 47.5 Å². The van der Waals surface area contributed by atoms with Crippen LogP contribution < -0.4 is 4.89 Å². The second kappa shape index (κ2) is 38.2. The summed E-state index contributed by atoms with van der Waals surface area (Å²) in [5.41, 5.74) is 0. The quantitative estimate of drug-likeness (QED) is 0.0147. The van der Waals surface area contributed by atoms with Gasteiger partial charge in [0.1, 0.15) is 19.8 Å². The summed E-state index contributed by atoms with van der Waals surface area (Å²) >= 11 is 0. The molecule has 0 spiro atoms. The minimum absolute atomic E-state index is 0.0448. The summed E-state index contributed by atoms with van der Waals surface area (Å²) < 4.78 is 39.7. The van der Waals surface area contributed by atoms with E-state index in [2.05, 4.69) is 74.6 Å². The molecule has 0 aliphatic carbocycles. The van der Waals surface area contributed by atoms with Gasteiger partial charge < -0.3 is 32.6 Å². The highest BCUT2D eigenvalue weighted by Crippen LogP contribution is 2.38. The van der Waals surface area contributed by atoms with Crippen LogP contribution >= 0.6 is 7.82 Å². The Morgan fingerprint density at radius 1 is 0.590 bits per heavy atom. The molecule has 0 aromatic carbocycles. The number of phosphoric acid groups is 1. The number of phosphoric ester groups is 1. The number of epoxide rings is 1.